The Kier molecular flexibility index (Phi) is 10.3. The number of rotatable bonds is 10. The van der Waals surface area contributed by atoms with Gasteiger partial charge in [-0.15, -0.1) is 11.8 Å². The number of nitrogens with zero attached hydrogens (tertiary/aromatic N) is 1. The Labute approximate surface area is 252 Å². The zero-order valence-electron chi connectivity index (χ0n) is 24.6. The molecule has 3 unspecified atom stereocenters. The van der Waals surface area contributed by atoms with Crippen molar-refractivity contribution < 1.29 is 19.5 Å². The monoisotopic (exact) mass is 588 g/mol. The first-order valence-corrected chi connectivity index (χ1v) is 15.2. The molecule has 4 rings (SSSR count). The molecule has 42 heavy (non-hydrogen) atoms. The van der Waals surface area contributed by atoms with Gasteiger partial charge in [-0.2, -0.15) is 0 Å². The molecule has 4 amide bonds. The molecule has 0 aromatic heterocycles. The fourth-order valence-corrected chi connectivity index (χ4v) is 6.30. The Hall–Kier alpha value is -3.82. The Morgan fingerprint density at radius 2 is 1.69 bits per heavy atom. The molecular weight excluding hydrogens is 548 g/mol. The third-order valence-corrected chi connectivity index (χ3v) is 9.01. The molecule has 0 aliphatic carbocycles. The van der Waals surface area contributed by atoms with Crippen LogP contribution in [0.15, 0.2) is 78.9 Å². The first kappa shape index (κ1) is 31.1. The molecule has 1 aliphatic rings. The number of carbonyl (C=O) groups is 3. The number of aliphatic hydroxyl groups excluding tert-OH is 1. The van der Waals surface area contributed by atoms with Crippen molar-refractivity contribution in [2.24, 2.45) is 0 Å². The van der Waals surface area contributed by atoms with Crippen LogP contribution in [-0.2, 0) is 29.0 Å². The zero-order valence-corrected chi connectivity index (χ0v) is 25.4. The SMILES string of the molecule is CCc1cccc(NC(=O)NC(Cc2ccccc2)C(O)C(=O)N2CSC(C)(C)C2C(=O)NCc2ccccc2C)c1. The van der Waals surface area contributed by atoms with Crippen LogP contribution in [0.2, 0.25) is 0 Å². The van der Waals surface area contributed by atoms with Crippen LogP contribution in [0.3, 0.4) is 0 Å². The molecule has 9 heteroatoms. The topological polar surface area (TPSA) is 111 Å². The number of hydrogen-bond acceptors (Lipinski definition) is 5. The molecule has 8 nitrogen and oxygen atoms in total. The summed E-state index contributed by atoms with van der Waals surface area (Å²) in [5.41, 5.74) is 4.61. The lowest BCUT2D eigenvalue weighted by atomic mass is 9.97. The van der Waals surface area contributed by atoms with E-state index < -0.39 is 34.9 Å². The van der Waals surface area contributed by atoms with Crippen molar-refractivity contribution in [1.29, 1.82) is 0 Å². The maximum atomic E-state index is 13.8. The van der Waals surface area contributed by atoms with Crippen molar-refractivity contribution in [3.8, 4) is 0 Å². The molecule has 0 saturated carbocycles. The highest BCUT2D eigenvalue weighted by Gasteiger charge is 2.49. The van der Waals surface area contributed by atoms with Crippen LogP contribution in [0.25, 0.3) is 0 Å². The molecule has 1 saturated heterocycles. The largest absolute Gasteiger partial charge is 0.381 e. The van der Waals surface area contributed by atoms with E-state index in [2.05, 4.69) is 16.0 Å². The van der Waals surface area contributed by atoms with Crippen molar-refractivity contribution in [3.05, 3.63) is 101 Å². The number of carbonyl (C=O) groups excluding carboxylic acids is 3. The third-order valence-electron chi connectivity index (χ3n) is 7.63. The fraction of sp³-hybridized carbons (Fsp3) is 0.364. The van der Waals surface area contributed by atoms with Gasteiger partial charge in [-0.1, -0.05) is 73.7 Å². The summed E-state index contributed by atoms with van der Waals surface area (Å²) in [7, 11) is 0. The summed E-state index contributed by atoms with van der Waals surface area (Å²) in [6, 6.07) is 22.5. The van der Waals surface area contributed by atoms with Gasteiger partial charge in [0.15, 0.2) is 6.10 Å². The summed E-state index contributed by atoms with van der Waals surface area (Å²) in [4.78, 5) is 41.8. The lowest BCUT2D eigenvalue weighted by molar-refractivity contribution is -0.147. The number of hydrogen-bond donors (Lipinski definition) is 4. The zero-order chi connectivity index (χ0) is 30.3. The van der Waals surface area contributed by atoms with Gasteiger partial charge in [0.05, 0.1) is 11.9 Å². The maximum Gasteiger partial charge on any atom is 0.319 e. The van der Waals surface area contributed by atoms with E-state index in [1.807, 2.05) is 100 Å². The van der Waals surface area contributed by atoms with Gasteiger partial charge in [0.2, 0.25) is 5.91 Å². The lowest BCUT2D eigenvalue weighted by Crippen LogP contribution is -2.59. The summed E-state index contributed by atoms with van der Waals surface area (Å²) < 4.78 is -0.574. The van der Waals surface area contributed by atoms with Crippen molar-refractivity contribution in [2.75, 3.05) is 11.2 Å². The molecule has 0 radical (unpaired) electrons. The third kappa shape index (κ3) is 7.72. The average molecular weight is 589 g/mol. The molecule has 222 valence electrons. The Morgan fingerprint density at radius 1 is 1.00 bits per heavy atom. The van der Waals surface area contributed by atoms with Gasteiger partial charge in [-0.3, -0.25) is 9.59 Å². The van der Waals surface area contributed by atoms with E-state index in [1.165, 1.54) is 16.7 Å². The number of amides is 4. The summed E-state index contributed by atoms with van der Waals surface area (Å²) >= 11 is 1.48. The molecule has 3 aromatic rings. The number of thioether (sulfide) groups is 1. The number of nitrogens with one attached hydrogen (secondary N) is 3. The summed E-state index contributed by atoms with van der Waals surface area (Å²) in [6.45, 7) is 8.20. The molecule has 3 atom stereocenters. The van der Waals surface area contributed by atoms with Crippen LogP contribution >= 0.6 is 11.8 Å². The fourth-order valence-electron chi connectivity index (χ4n) is 5.16. The van der Waals surface area contributed by atoms with E-state index in [4.69, 9.17) is 0 Å². The molecule has 4 N–H and O–H groups in total. The van der Waals surface area contributed by atoms with Crippen LogP contribution in [0, 0.1) is 6.92 Å². The molecular formula is C33H40N4O4S. The van der Waals surface area contributed by atoms with Crippen molar-refractivity contribution in [1.82, 2.24) is 15.5 Å². The van der Waals surface area contributed by atoms with E-state index >= 15 is 0 Å². The molecule has 3 aromatic carbocycles. The molecule has 1 heterocycles. The maximum absolute atomic E-state index is 13.8. The van der Waals surface area contributed by atoms with Crippen molar-refractivity contribution in [3.63, 3.8) is 0 Å². The molecule has 0 spiro atoms. The van der Waals surface area contributed by atoms with Gasteiger partial charge in [0.1, 0.15) is 6.04 Å². The number of urea groups is 1. The van der Waals surface area contributed by atoms with Crippen molar-refractivity contribution >= 4 is 35.3 Å². The highest BCUT2D eigenvalue weighted by molar-refractivity contribution is 8.00. The first-order chi connectivity index (χ1) is 20.1. The van der Waals surface area contributed by atoms with E-state index in [0.717, 1.165) is 28.7 Å². The molecule has 1 fully saturated rings. The Morgan fingerprint density at radius 3 is 2.40 bits per heavy atom. The second kappa shape index (κ2) is 13.9. The first-order valence-electron chi connectivity index (χ1n) is 14.2. The smallest absolute Gasteiger partial charge is 0.319 e. The normalized spacial score (nSPS) is 17.3. The minimum atomic E-state index is -1.57. The summed E-state index contributed by atoms with van der Waals surface area (Å²) in [6.07, 6.45) is -0.519. The summed E-state index contributed by atoms with van der Waals surface area (Å²) in [5, 5.41) is 20.1. The number of anilines is 1. The molecule has 1 aliphatic heterocycles. The highest BCUT2D eigenvalue weighted by atomic mass is 32.2. The summed E-state index contributed by atoms with van der Waals surface area (Å²) in [5.74, 6) is -0.632. The second-order valence-corrected chi connectivity index (χ2v) is 12.7. The van der Waals surface area contributed by atoms with E-state index in [0.29, 0.717) is 12.2 Å². The lowest BCUT2D eigenvalue weighted by Gasteiger charge is -2.33. The van der Waals surface area contributed by atoms with Crippen molar-refractivity contribution in [2.45, 2.75) is 70.0 Å². The quantitative estimate of drug-likeness (QED) is 0.276. The Balaban J connectivity index is 1.51. The van der Waals surface area contributed by atoms with Crippen LogP contribution in [0.1, 0.15) is 43.0 Å². The van der Waals surface area contributed by atoms with E-state index in [9.17, 15) is 19.5 Å². The number of benzene rings is 3. The Bertz CT molecular complexity index is 1400. The predicted molar refractivity (Wildman–Crippen MR) is 168 cm³/mol. The van der Waals surface area contributed by atoms with Gasteiger partial charge in [-0.25, -0.2) is 4.79 Å². The highest BCUT2D eigenvalue weighted by Crippen LogP contribution is 2.40. The van der Waals surface area contributed by atoms with Gasteiger partial charge in [0.25, 0.3) is 5.91 Å². The van der Waals surface area contributed by atoms with Gasteiger partial charge >= 0.3 is 6.03 Å². The van der Waals surface area contributed by atoms with Gasteiger partial charge in [0, 0.05) is 17.0 Å². The standard InChI is InChI=1S/C33H40N4O4S/c1-5-23-15-11-17-26(18-23)35-32(41)36-27(19-24-13-7-6-8-14-24)28(38)31(40)37-21-42-33(3,4)29(37)30(39)34-20-25-16-10-9-12-22(25)2/h6-18,27-29,38H,5,19-21H2,1-4H3,(H,34,39)(H2,35,36,41). The minimum Gasteiger partial charge on any atom is -0.381 e. The average Bonchev–Trinajstić information content (AvgIpc) is 3.30. The molecule has 0 bridgehead atoms. The predicted octanol–water partition coefficient (Wildman–Crippen LogP) is 4.65. The van der Waals surface area contributed by atoms with Crippen LogP contribution < -0.4 is 16.0 Å². The van der Waals surface area contributed by atoms with E-state index in [-0.39, 0.29) is 18.2 Å². The second-order valence-electron chi connectivity index (χ2n) is 11.1. The van der Waals surface area contributed by atoms with Gasteiger partial charge < -0.3 is 26.0 Å². The number of aryl methyl sites for hydroxylation is 2. The number of aliphatic hydroxyl groups is 1. The van der Waals surface area contributed by atoms with Gasteiger partial charge in [-0.05, 0) is 68.0 Å². The van der Waals surface area contributed by atoms with Crippen LogP contribution in [0.5, 0.6) is 0 Å². The minimum absolute atomic E-state index is 0.227. The van der Waals surface area contributed by atoms with E-state index in [1.54, 1.807) is 6.07 Å². The van der Waals surface area contributed by atoms with Crippen LogP contribution in [0.4, 0.5) is 10.5 Å². The van der Waals surface area contributed by atoms with Crippen LogP contribution in [-0.4, -0.2) is 56.7 Å².